The lowest BCUT2D eigenvalue weighted by Gasteiger charge is -2.16. The van der Waals surface area contributed by atoms with Gasteiger partial charge in [-0.3, -0.25) is 4.99 Å². The lowest BCUT2D eigenvalue weighted by molar-refractivity contribution is 0.474. The largest absolute Gasteiger partial charge is 0.508 e. The molecule has 0 saturated heterocycles. The van der Waals surface area contributed by atoms with E-state index in [9.17, 15) is 5.11 Å². The zero-order valence-electron chi connectivity index (χ0n) is 12.0. The van der Waals surface area contributed by atoms with Crippen molar-refractivity contribution in [1.82, 2.24) is 10.6 Å². The first-order valence-electron chi connectivity index (χ1n) is 7.25. The number of aromatic hydroxyl groups is 1. The molecular formula is C16H23N3O. The minimum Gasteiger partial charge on any atom is -0.508 e. The van der Waals surface area contributed by atoms with Crippen molar-refractivity contribution < 1.29 is 5.11 Å². The molecule has 0 saturated carbocycles. The minimum atomic E-state index is 0.313. The summed E-state index contributed by atoms with van der Waals surface area (Å²) in [5.74, 6) is 1.19. The van der Waals surface area contributed by atoms with Gasteiger partial charge >= 0.3 is 0 Å². The van der Waals surface area contributed by atoms with Gasteiger partial charge in [-0.25, -0.2) is 0 Å². The van der Waals surface area contributed by atoms with E-state index in [-0.39, 0.29) is 0 Å². The lowest BCUT2D eigenvalue weighted by atomic mass is 10.1. The highest BCUT2D eigenvalue weighted by atomic mass is 16.3. The molecule has 0 radical (unpaired) electrons. The summed E-state index contributed by atoms with van der Waals surface area (Å²) in [7, 11) is 0. The van der Waals surface area contributed by atoms with Crippen LogP contribution in [0.2, 0.25) is 0 Å². The summed E-state index contributed by atoms with van der Waals surface area (Å²) in [4.78, 5) is 4.59. The van der Waals surface area contributed by atoms with Gasteiger partial charge in [0.1, 0.15) is 5.75 Å². The standard InChI is InChI=1S/C16H23N3O/c1-2-17-16(19-14-7-3-4-8-14)18-11-10-13-6-5-9-15(20)12-13/h3-6,9,12,14,20H,2,7-8,10-11H2,1H3,(H2,17,18,19). The average Bonchev–Trinajstić information content (AvgIpc) is 2.92. The second kappa shape index (κ2) is 7.58. The maximum absolute atomic E-state index is 9.43. The summed E-state index contributed by atoms with van der Waals surface area (Å²) in [6.07, 6.45) is 7.36. The molecule has 3 N–H and O–H groups in total. The van der Waals surface area contributed by atoms with Crippen molar-refractivity contribution in [1.29, 1.82) is 0 Å². The minimum absolute atomic E-state index is 0.313. The summed E-state index contributed by atoms with van der Waals surface area (Å²) in [6, 6.07) is 7.81. The second-order valence-electron chi connectivity index (χ2n) is 4.96. The molecule has 20 heavy (non-hydrogen) atoms. The van der Waals surface area contributed by atoms with Crippen LogP contribution in [0.5, 0.6) is 5.75 Å². The molecule has 4 heteroatoms. The smallest absolute Gasteiger partial charge is 0.191 e. The van der Waals surface area contributed by atoms with Gasteiger partial charge in [0.05, 0.1) is 0 Å². The Morgan fingerprint density at radius 3 is 2.85 bits per heavy atom. The SMILES string of the molecule is CCNC(=NCCc1cccc(O)c1)NC1CC=CC1. The maximum atomic E-state index is 9.43. The lowest BCUT2D eigenvalue weighted by Crippen LogP contribution is -2.42. The Bertz CT molecular complexity index is 474. The molecule has 0 atom stereocenters. The van der Waals surface area contributed by atoms with E-state index in [1.807, 2.05) is 12.1 Å². The highest BCUT2D eigenvalue weighted by Crippen LogP contribution is 2.11. The predicted molar refractivity (Wildman–Crippen MR) is 83.1 cm³/mol. The van der Waals surface area contributed by atoms with Crippen molar-refractivity contribution >= 4 is 5.96 Å². The van der Waals surface area contributed by atoms with Crippen LogP contribution in [0, 0.1) is 0 Å². The zero-order chi connectivity index (χ0) is 14.2. The fourth-order valence-corrected chi connectivity index (χ4v) is 2.26. The Morgan fingerprint density at radius 1 is 1.35 bits per heavy atom. The molecule has 1 aliphatic rings. The number of phenolic OH excluding ortho intramolecular Hbond substituents is 1. The Kier molecular flexibility index (Phi) is 5.47. The molecule has 1 aromatic carbocycles. The molecule has 0 aromatic heterocycles. The van der Waals surface area contributed by atoms with Gasteiger partial charge < -0.3 is 15.7 Å². The summed E-state index contributed by atoms with van der Waals surface area (Å²) in [5.41, 5.74) is 1.10. The number of hydrogen-bond donors (Lipinski definition) is 3. The van der Waals surface area contributed by atoms with Gasteiger partial charge in [0.2, 0.25) is 0 Å². The summed E-state index contributed by atoms with van der Waals surface area (Å²) >= 11 is 0. The van der Waals surface area contributed by atoms with Gasteiger partial charge in [0.25, 0.3) is 0 Å². The van der Waals surface area contributed by atoms with E-state index in [4.69, 9.17) is 0 Å². The van der Waals surface area contributed by atoms with Crippen LogP contribution in [-0.4, -0.2) is 30.2 Å². The molecule has 4 nitrogen and oxygen atoms in total. The third-order valence-electron chi connectivity index (χ3n) is 3.27. The van der Waals surface area contributed by atoms with Crippen LogP contribution in [0.4, 0.5) is 0 Å². The first-order valence-corrected chi connectivity index (χ1v) is 7.25. The highest BCUT2D eigenvalue weighted by molar-refractivity contribution is 5.80. The fraction of sp³-hybridized carbons (Fsp3) is 0.438. The number of rotatable bonds is 5. The Labute approximate surface area is 120 Å². The van der Waals surface area contributed by atoms with E-state index in [0.29, 0.717) is 18.3 Å². The molecule has 0 spiro atoms. The van der Waals surface area contributed by atoms with E-state index in [1.165, 1.54) is 0 Å². The first kappa shape index (κ1) is 14.4. The topological polar surface area (TPSA) is 56.7 Å². The fourth-order valence-electron chi connectivity index (χ4n) is 2.26. The van der Waals surface area contributed by atoms with Crippen LogP contribution >= 0.6 is 0 Å². The van der Waals surface area contributed by atoms with E-state index >= 15 is 0 Å². The quantitative estimate of drug-likeness (QED) is 0.438. The van der Waals surface area contributed by atoms with Crippen molar-refractivity contribution in [2.75, 3.05) is 13.1 Å². The van der Waals surface area contributed by atoms with Crippen molar-refractivity contribution in [3.05, 3.63) is 42.0 Å². The van der Waals surface area contributed by atoms with Gasteiger partial charge in [-0.15, -0.1) is 0 Å². The molecule has 1 aliphatic carbocycles. The van der Waals surface area contributed by atoms with Crippen molar-refractivity contribution in [2.45, 2.75) is 32.2 Å². The number of aliphatic imine (C=N–C) groups is 1. The number of nitrogens with zero attached hydrogens (tertiary/aromatic N) is 1. The van der Waals surface area contributed by atoms with Crippen LogP contribution in [0.1, 0.15) is 25.3 Å². The van der Waals surface area contributed by atoms with Crippen molar-refractivity contribution in [3.8, 4) is 5.75 Å². The van der Waals surface area contributed by atoms with Crippen LogP contribution in [0.15, 0.2) is 41.4 Å². The van der Waals surface area contributed by atoms with Gasteiger partial charge in [0.15, 0.2) is 5.96 Å². The zero-order valence-corrected chi connectivity index (χ0v) is 12.0. The second-order valence-corrected chi connectivity index (χ2v) is 4.96. The molecule has 0 unspecified atom stereocenters. The maximum Gasteiger partial charge on any atom is 0.191 e. The van der Waals surface area contributed by atoms with Crippen LogP contribution in [0.3, 0.4) is 0 Å². The molecule has 2 rings (SSSR count). The monoisotopic (exact) mass is 273 g/mol. The van der Waals surface area contributed by atoms with Gasteiger partial charge in [-0.1, -0.05) is 24.3 Å². The van der Waals surface area contributed by atoms with E-state index in [0.717, 1.165) is 37.3 Å². The van der Waals surface area contributed by atoms with Crippen LogP contribution in [0.25, 0.3) is 0 Å². The molecule has 0 fully saturated rings. The number of phenols is 1. The summed E-state index contributed by atoms with van der Waals surface area (Å²) in [5, 5.41) is 16.1. The molecule has 0 aliphatic heterocycles. The molecule has 1 aromatic rings. The van der Waals surface area contributed by atoms with E-state index < -0.39 is 0 Å². The van der Waals surface area contributed by atoms with Crippen molar-refractivity contribution in [3.63, 3.8) is 0 Å². The average molecular weight is 273 g/mol. The van der Waals surface area contributed by atoms with Crippen LogP contribution in [-0.2, 0) is 6.42 Å². The highest BCUT2D eigenvalue weighted by Gasteiger charge is 2.11. The molecule has 0 amide bonds. The van der Waals surface area contributed by atoms with Crippen molar-refractivity contribution in [2.24, 2.45) is 4.99 Å². The molecular weight excluding hydrogens is 250 g/mol. The normalized spacial score (nSPS) is 15.6. The Hall–Kier alpha value is -1.97. The molecule has 108 valence electrons. The van der Waals surface area contributed by atoms with E-state index in [2.05, 4.69) is 34.7 Å². The number of hydrogen-bond acceptors (Lipinski definition) is 2. The summed E-state index contributed by atoms with van der Waals surface area (Å²) < 4.78 is 0. The Morgan fingerprint density at radius 2 is 2.15 bits per heavy atom. The van der Waals surface area contributed by atoms with Gasteiger partial charge in [-0.05, 0) is 43.9 Å². The number of guanidine groups is 1. The number of nitrogens with one attached hydrogen (secondary N) is 2. The summed E-state index contributed by atoms with van der Waals surface area (Å²) in [6.45, 7) is 3.64. The molecule has 0 heterocycles. The first-order chi connectivity index (χ1) is 9.78. The number of benzene rings is 1. The van der Waals surface area contributed by atoms with E-state index in [1.54, 1.807) is 12.1 Å². The van der Waals surface area contributed by atoms with Gasteiger partial charge in [-0.2, -0.15) is 0 Å². The predicted octanol–water partition coefficient (Wildman–Crippen LogP) is 2.21. The third-order valence-corrected chi connectivity index (χ3v) is 3.27. The Balaban J connectivity index is 1.85. The van der Waals surface area contributed by atoms with Crippen LogP contribution < -0.4 is 10.6 Å². The third kappa shape index (κ3) is 4.61. The van der Waals surface area contributed by atoms with Gasteiger partial charge in [0, 0.05) is 19.1 Å². The molecule has 0 bridgehead atoms.